The number of hydrogen-bond acceptors (Lipinski definition) is 2. The highest BCUT2D eigenvalue weighted by atomic mass is 19.4. The van der Waals surface area contributed by atoms with Crippen LogP contribution < -0.4 is 4.90 Å². The molecule has 1 heterocycles. The van der Waals surface area contributed by atoms with Crippen molar-refractivity contribution in [2.45, 2.75) is 38.4 Å². The number of carbonyl (C=O) groups excluding carboxylic acids is 1. The highest BCUT2D eigenvalue weighted by Gasteiger charge is 2.39. The molecule has 2 unspecified atom stereocenters. The van der Waals surface area contributed by atoms with Gasteiger partial charge < -0.3 is 4.90 Å². The van der Waals surface area contributed by atoms with Crippen molar-refractivity contribution in [1.29, 1.82) is 0 Å². The van der Waals surface area contributed by atoms with Crippen LogP contribution in [0, 0.1) is 5.92 Å². The molecule has 3 rings (SSSR count). The maximum absolute atomic E-state index is 13.0. The van der Waals surface area contributed by atoms with Gasteiger partial charge in [0.25, 0.3) is 0 Å². The lowest BCUT2D eigenvalue weighted by Gasteiger charge is -2.42. The number of rotatable bonds is 1. The van der Waals surface area contributed by atoms with Gasteiger partial charge in [0, 0.05) is 11.8 Å². The average molecular weight is 336 g/mol. The van der Waals surface area contributed by atoms with Crippen LogP contribution in [-0.4, -0.2) is 24.2 Å². The van der Waals surface area contributed by atoms with Crippen molar-refractivity contribution < 1.29 is 18.0 Å². The lowest BCUT2D eigenvalue weighted by molar-refractivity contribution is -0.137. The molecule has 0 fully saturated rings. The van der Waals surface area contributed by atoms with Crippen LogP contribution >= 0.6 is 0 Å². The minimum atomic E-state index is -4.42. The molecule has 1 aromatic carbocycles. The molecule has 0 bridgehead atoms. The van der Waals surface area contributed by atoms with Gasteiger partial charge in [0.1, 0.15) is 6.54 Å². The summed E-state index contributed by atoms with van der Waals surface area (Å²) in [6.07, 6.45) is 2.68. The Labute approximate surface area is 138 Å². The number of halogens is 3. The zero-order chi connectivity index (χ0) is 17.5. The van der Waals surface area contributed by atoms with Crippen molar-refractivity contribution >= 4 is 17.8 Å². The molecule has 0 radical (unpaired) electrons. The molecule has 3 nitrogen and oxygen atoms in total. The summed E-state index contributed by atoms with van der Waals surface area (Å²) in [5, 5.41) is 0. The van der Waals surface area contributed by atoms with Crippen LogP contribution in [0.3, 0.4) is 0 Å². The van der Waals surface area contributed by atoms with Crippen LogP contribution in [0.15, 0.2) is 35.3 Å². The monoisotopic (exact) mass is 336 g/mol. The van der Waals surface area contributed by atoms with Gasteiger partial charge in [0.05, 0.1) is 16.8 Å². The number of benzodiazepines with no additional fused rings is 1. The fraction of sp³-hybridized carbons (Fsp3) is 0.444. The molecule has 2 atom stereocenters. The summed E-state index contributed by atoms with van der Waals surface area (Å²) in [5.41, 5.74) is -0.481. The Bertz CT molecular complexity index is 723. The van der Waals surface area contributed by atoms with Crippen LogP contribution in [0.4, 0.5) is 18.9 Å². The molecule has 1 aliphatic carbocycles. The number of fused-ring (bicyclic) bond motifs is 1. The van der Waals surface area contributed by atoms with Crippen LogP contribution in [-0.2, 0) is 11.0 Å². The Morgan fingerprint density at radius 1 is 1.33 bits per heavy atom. The molecule has 0 aromatic heterocycles. The minimum Gasteiger partial charge on any atom is -0.301 e. The van der Waals surface area contributed by atoms with Crippen molar-refractivity contribution in [3.8, 4) is 0 Å². The second-order valence-electron chi connectivity index (χ2n) is 6.70. The van der Waals surface area contributed by atoms with Gasteiger partial charge in [-0.2, -0.15) is 13.2 Å². The maximum atomic E-state index is 13.0. The van der Waals surface area contributed by atoms with E-state index in [-0.39, 0.29) is 12.5 Å². The van der Waals surface area contributed by atoms with Crippen LogP contribution in [0.1, 0.15) is 37.8 Å². The number of allylic oxidation sites excluding steroid dienone is 1. The summed E-state index contributed by atoms with van der Waals surface area (Å²) in [4.78, 5) is 18.2. The quantitative estimate of drug-likeness (QED) is 0.707. The first-order valence-electron chi connectivity index (χ1n) is 7.94. The van der Waals surface area contributed by atoms with Crippen molar-refractivity contribution in [1.82, 2.24) is 0 Å². The molecule has 1 aliphatic heterocycles. The number of nitrogens with zero attached hydrogens (tertiary/aromatic N) is 2. The van der Waals surface area contributed by atoms with E-state index >= 15 is 0 Å². The molecule has 0 N–H and O–H groups in total. The summed E-state index contributed by atoms with van der Waals surface area (Å²) in [5.74, 6) is 0.231. The molecule has 24 heavy (non-hydrogen) atoms. The summed E-state index contributed by atoms with van der Waals surface area (Å²) < 4.78 is 38.9. The zero-order valence-electron chi connectivity index (χ0n) is 13.6. The van der Waals surface area contributed by atoms with E-state index in [4.69, 9.17) is 0 Å². The van der Waals surface area contributed by atoms with Crippen LogP contribution in [0.5, 0.6) is 0 Å². The third-order valence-electron chi connectivity index (χ3n) is 4.70. The van der Waals surface area contributed by atoms with Gasteiger partial charge in [-0.05, 0) is 43.9 Å². The Morgan fingerprint density at radius 3 is 2.71 bits per heavy atom. The van der Waals surface area contributed by atoms with E-state index in [1.165, 1.54) is 12.3 Å². The first-order valence-corrected chi connectivity index (χ1v) is 7.94. The van der Waals surface area contributed by atoms with Gasteiger partial charge in [-0.3, -0.25) is 9.79 Å². The summed E-state index contributed by atoms with van der Waals surface area (Å²) in [7, 11) is 0. The van der Waals surface area contributed by atoms with Crippen molar-refractivity contribution in [2.75, 3.05) is 11.4 Å². The summed E-state index contributed by atoms with van der Waals surface area (Å²) >= 11 is 0. The third-order valence-corrected chi connectivity index (χ3v) is 4.70. The molecule has 1 amide bonds. The fourth-order valence-corrected chi connectivity index (χ4v) is 3.28. The topological polar surface area (TPSA) is 32.7 Å². The molecule has 1 aromatic rings. The number of amides is 1. The Balaban J connectivity index is 2.10. The van der Waals surface area contributed by atoms with E-state index in [0.717, 1.165) is 25.0 Å². The van der Waals surface area contributed by atoms with E-state index in [1.54, 1.807) is 4.90 Å². The number of anilines is 1. The fourth-order valence-electron chi connectivity index (χ4n) is 3.28. The number of hydrogen-bond donors (Lipinski definition) is 0. The van der Waals surface area contributed by atoms with E-state index in [1.807, 2.05) is 13.0 Å². The van der Waals surface area contributed by atoms with Gasteiger partial charge in [-0.15, -0.1) is 0 Å². The first-order chi connectivity index (χ1) is 11.2. The largest absolute Gasteiger partial charge is 0.416 e. The predicted molar refractivity (Wildman–Crippen MR) is 87.3 cm³/mol. The standard InChI is InChI=1S/C18H19F3N2O/c1-12-5-7-17(2,8-6-12)23-15-4-3-14(18(19,20)21)9-13(15)10-22-11-16(23)24/h3-5,7,9-10,12H,6,8,11H2,1-2H3. The maximum Gasteiger partial charge on any atom is 0.416 e. The Morgan fingerprint density at radius 2 is 2.08 bits per heavy atom. The van der Waals surface area contributed by atoms with Gasteiger partial charge in [-0.25, -0.2) is 0 Å². The van der Waals surface area contributed by atoms with Gasteiger partial charge >= 0.3 is 6.18 Å². The smallest absolute Gasteiger partial charge is 0.301 e. The van der Waals surface area contributed by atoms with E-state index in [2.05, 4.69) is 18.0 Å². The van der Waals surface area contributed by atoms with Gasteiger partial charge in [-0.1, -0.05) is 19.1 Å². The predicted octanol–water partition coefficient (Wildman–Crippen LogP) is 4.22. The third kappa shape index (κ3) is 2.97. The molecule has 0 saturated carbocycles. The van der Waals surface area contributed by atoms with Crippen molar-refractivity contribution in [3.63, 3.8) is 0 Å². The lowest BCUT2D eigenvalue weighted by atomic mass is 9.82. The molecule has 128 valence electrons. The molecule has 2 aliphatic rings. The second kappa shape index (κ2) is 5.76. The van der Waals surface area contributed by atoms with Crippen LogP contribution in [0.25, 0.3) is 0 Å². The molecule has 0 spiro atoms. The summed E-state index contributed by atoms with van der Waals surface area (Å²) in [6.45, 7) is 3.99. The van der Waals surface area contributed by atoms with E-state index < -0.39 is 17.3 Å². The number of carbonyl (C=O) groups is 1. The Hall–Kier alpha value is -2.11. The normalized spacial score (nSPS) is 27.1. The zero-order valence-corrected chi connectivity index (χ0v) is 13.6. The SMILES string of the molecule is CC1C=CC(C)(N2C(=O)CN=Cc3cc(C(F)(F)F)ccc32)CC1. The average Bonchev–Trinajstić information content (AvgIpc) is 2.67. The summed E-state index contributed by atoms with van der Waals surface area (Å²) in [6, 6.07) is 3.46. The van der Waals surface area contributed by atoms with Gasteiger partial charge in [0.15, 0.2) is 0 Å². The van der Waals surface area contributed by atoms with Crippen LogP contribution in [0.2, 0.25) is 0 Å². The first kappa shape index (κ1) is 16.7. The molecular formula is C18H19F3N2O. The number of benzene rings is 1. The van der Waals surface area contributed by atoms with Crippen molar-refractivity contribution in [3.05, 3.63) is 41.5 Å². The Kier molecular flexibility index (Phi) is 4.01. The molecule has 6 heteroatoms. The molecular weight excluding hydrogens is 317 g/mol. The molecule has 0 saturated heterocycles. The highest BCUT2D eigenvalue weighted by Crippen LogP contribution is 2.38. The van der Waals surface area contributed by atoms with Crippen molar-refractivity contribution in [2.24, 2.45) is 10.9 Å². The minimum absolute atomic E-state index is 0.0605. The lowest BCUT2D eigenvalue weighted by Crippen LogP contribution is -2.51. The number of aliphatic imine (C=N–C) groups is 1. The second-order valence-corrected chi connectivity index (χ2v) is 6.70. The van der Waals surface area contributed by atoms with Gasteiger partial charge in [0.2, 0.25) is 5.91 Å². The highest BCUT2D eigenvalue weighted by molar-refractivity contribution is 6.04. The van der Waals surface area contributed by atoms with E-state index in [9.17, 15) is 18.0 Å². The number of alkyl halides is 3. The van der Waals surface area contributed by atoms with E-state index in [0.29, 0.717) is 17.2 Å².